The topological polar surface area (TPSA) is 38.7 Å². The first kappa shape index (κ1) is 34.1. The van der Waals surface area contributed by atoms with E-state index in [9.17, 15) is 0 Å². The van der Waals surface area contributed by atoms with Crippen molar-refractivity contribution in [1.29, 1.82) is 0 Å². The van der Waals surface area contributed by atoms with Crippen LogP contribution in [0.15, 0.2) is 200 Å². The average molecular weight is 742 g/mol. The van der Waals surface area contributed by atoms with Crippen LogP contribution in [0.5, 0.6) is 0 Å². The minimum Gasteiger partial charge on any atom is -0.208 e. The van der Waals surface area contributed by atoms with Crippen LogP contribution in [0.1, 0.15) is 47.2 Å². The predicted octanol–water partition coefficient (Wildman–Crippen LogP) is 13.2. The Morgan fingerprint density at radius 2 is 0.672 bits per heavy atom. The van der Waals surface area contributed by atoms with E-state index < -0.39 is 5.41 Å². The molecule has 11 rings (SSSR count). The molecule has 9 aromatic rings. The highest BCUT2D eigenvalue weighted by Crippen LogP contribution is 2.62. The van der Waals surface area contributed by atoms with Crippen molar-refractivity contribution in [2.24, 2.45) is 0 Å². The third kappa shape index (κ3) is 5.17. The lowest BCUT2D eigenvalue weighted by molar-refractivity contribution is 0.563. The van der Waals surface area contributed by atoms with Gasteiger partial charge in [-0.3, -0.25) is 0 Å². The molecule has 1 heterocycles. The second-order valence-electron chi connectivity index (χ2n) is 16.0. The molecule has 1 spiro atoms. The second-order valence-corrected chi connectivity index (χ2v) is 16.0. The zero-order valence-electron chi connectivity index (χ0n) is 32.4. The van der Waals surface area contributed by atoms with Crippen LogP contribution in [-0.4, -0.2) is 15.0 Å². The van der Waals surface area contributed by atoms with E-state index in [1.165, 1.54) is 50.1 Å². The van der Waals surface area contributed by atoms with Gasteiger partial charge in [-0.2, -0.15) is 0 Å². The number of aromatic nitrogens is 3. The quantitative estimate of drug-likeness (QED) is 0.176. The first-order valence-corrected chi connectivity index (χ1v) is 20.0. The number of benzene rings is 8. The van der Waals surface area contributed by atoms with E-state index in [1.54, 1.807) is 0 Å². The lowest BCUT2D eigenvalue weighted by atomic mass is 9.55. The number of rotatable bonds is 5. The molecular formula is C55H39N3. The van der Waals surface area contributed by atoms with Gasteiger partial charge in [0.2, 0.25) is 0 Å². The molecule has 0 aliphatic heterocycles. The van der Waals surface area contributed by atoms with Gasteiger partial charge < -0.3 is 0 Å². The molecule has 0 bridgehead atoms. The van der Waals surface area contributed by atoms with Crippen LogP contribution in [0.4, 0.5) is 0 Å². The fourth-order valence-electron chi connectivity index (χ4n) is 9.68. The normalized spacial score (nSPS) is 14.0. The Morgan fingerprint density at radius 1 is 0.276 bits per heavy atom. The molecule has 2 aliphatic rings. The highest BCUT2D eigenvalue weighted by atomic mass is 15.0. The average Bonchev–Trinajstić information content (AvgIpc) is 3.59. The van der Waals surface area contributed by atoms with Crippen LogP contribution in [-0.2, 0) is 10.8 Å². The molecule has 0 saturated heterocycles. The summed E-state index contributed by atoms with van der Waals surface area (Å²) in [6, 6.07) is 72.0. The summed E-state index contributed by atoms with van der Waals surface area (Å²) in [7, 11) is 0. The van der Waals surface area contributed by atoms with Crippen LogP contribution in [0, 0.1) is 0 Å². The van der Waals surface area contributed by atoms with Gasteiger partial charge in [-0.15, -0.1) is 0 Å². The van der Waals surface area contributed by atoms with Gasteiger partial charge in [-0.1, -0.05) is 202 Å². The second kappa shape index (κ2) is 13.2. The molecule has 0 unspecified atom stereocenters. The lowest BCUT2D eigenvalue weighted by Crippen LogP contribution is -2.40. The van der Waals surface area contributed by atoms with Gasteiger partial charge in [-0.05, 0) is 78.9 Å². The van der Waals surface area contributed by atoms with Gasteiger partial charge in [0.1, 0.15) is 0 Å². The highest BCUT2D eigenvalue weighted by Gasteiger charge is 2.53. The maximum absolute atomic E-state index is 5.11. The van der Waals surface area contributed by atoms with E-state index in [0.29, 0.717) is 17.5 Å². The molecule has 0 amide bonds. The summed E-state index contributed by atoms with van der Waals surface area (Å²) < 4.78 is 0. The van der Waals surface area contributed by atoms with Gasteiger partial charge in [0.15, 0.2) is 17.5 Å². The van der Waals surface area contributed by atoms with Crippen LogP contribution in [0.25, 0.3) is 67.5 Å². The molecule has 0 N–H and O–H groups in total. The van der Waals surface area contributed by atoms with Crippen molar-refractivity contribution in [3.63, 3.8) is 0 Å². The zero-order chi connectivity index (χ0) is 38.8. The summed E-state index contributed by atoms with van der Waals surface area (Å²) in [5.41, 5.74) is 17.6. The molecule has 8 aromatic carbocycles. The van der Waals surface area contributed by atoms with Gasteiger partial charge in [0, 0.05) is 22.1 Å². The zero-order valence-corrected chi connectivity index (χ0v) is 32.4. The van der Waals surface area contributed by atoms with E-state index in [4.69, 9.17) is 15.0 Å². The Hall–Kier alpha value is -7.23. The van der Waals surface area contributed by atoms with Gasteiger partial charge >= 0.3 is 0 Å². The standard InChI is InChI=1S/C55H39N3/c1-54(2)47-24-11-13-26-49(47)55(50-27-14-12-25-48(50)54)45-23-10-9-22-43(45)44-35-41(32-33-46(44)55)40-20-15-21-42(34-40)53-57-51(38-18-7-4-8-19-38)56-52(58-53)39-30-28-37(29-31-39)36-16-5-3-6-17-36/h3-35H,1-2H3. The SMILES string of the molecule is CC1(C)c2ccccc2C2(c3ccccc3-c3cc(-c4cccc(-c5nc(-c6ccccc6)nc(-c6ccc(-c7ccccc7)cc6)n5)c4)ccc32)c2ccccc21. The molecule has 3 heteroatoms. The van der Waals surface area contributed by atoms with Crippen molar-refractivity contribution in [2.75, 3.05) is 0 Å². The molecule has 1 aromatic heterocycles. The molecule has 0 radical (unpaired) electrons. The maximum atomic E-state index is 5.11. The van der Waals surface area contributed by atoms with E-state index in [-0.39, 0.29) is 5.41 Å². The molecule has 274 valence electrons. The number of nitrogens with zero attached hydrogens (tertiary/aromatic N) is 3. The Kier molecular flexibility index (Phi) is 7.74. The van der Waals surface area contributed by atoms with Gasteiger partial charge in [-0.25, -0.2) is 15.0 Å². The van der Waals surface area contributed by atoms with Gasteiger partial charge in [0.25, 0.3) is 0 Å². The third-order valence-corrected chi connectivity index (χ3v) is 12.4. The summed E-state index contributed by atoms with van der Waals surface area (Å²) >= 11 is 0. The lowest BCUT2D eigenvalue weighted by Gasteiger charge is -2.46. The monoisotopic (exact) mass is 741 g/mol. The molecule has 0 fully saturated rings. The van der Waals surface area contributed by atoms with Crippen LogP contribution in [0.2, 0.25) is 0 Å². The first-order valence-electron chi connectivity index (χ1n) is 20.0. The minimum absolute atomic E-state index is 0.128. The Bertz CT molecular complexity index is 2970. The molecular weight excluding hydrogens is 703 g/mol. The highest BCUT2D eigenvalue weighted by molar-refractivity contribution is 5.91. The van der Waals surface area contributed by atoms with Crippen molar-refractivity contribution in [1.82, 2.24) is 15.0 Å². The first-order chi connectivity index (χ1) is 28.5. The largest absolute Gasteiger partial charge is 0.208 e. The van der Waals surface area contributed by atoms with E-state index in [2.05, 4.69) is 190 Å². The Morgan fingerprint density at radius 3 is 1.31 bits per heavy atom. The van der Waals surface area contributed by atoms with Crippen LogP contribution >= 0.6 is 0 Å². The summed E-state index contributed by atoms with van der Waals surface area (Å²) in [6.45, 7) is 4.74. The van der Waals surface area contributed by atoms with E-state index >= 15 is 0 Å². The van der Waals surface area contributed by atoms with Crippen molar-refractivity contribution in [2.45, 2.75) is 24.7 Å². The summed E-state index contributed by atoms with van der Waals surface area (Å²) in [5.74, 6) is 1.93. The fourth-order valence-corrected chi connectivity index (χ4v) is 9.68. The summed E-state index contributed by atoms with van der Waals surface area (Å²) in [5, 5.41) is 0. The smallest absolute Gasteiger partial charge is 0.164 e. The Labute approximate surface area is 339 Å². The van der Waals surface area contributed by atoms with Crippen molar-refractivity contribution >= 4 is 0 Å². The Balaban J connectivity index is 1.04. The van der Waals surface area contributed by atoms with Crippen molar-refractivity contribution in [3.05, 3.63) is 234 Å². The molecule has 3 nitrogen and oxygen atoms in total. The maximum Gasteiger partial charge on any atom is 0.164 e. The van der Waals surface area contributed by atoms with Crippen LogP contribution in [0.3, 0.4) is 0 Å². The summed E-state index contributed by atoms with van der Waals surface area (Å²) in [6.07, 6.45) is 0. The third-order valence-electron chi connectivity index (χ3n) is 12.4. The molecule has 58 heavy (non-hydrogen) atoms. The van der Waals surface area contributed by atoms with E-state index in [1.807, 2.05) is 24.3 Å². The van der Waals surface area contributed by atoms with Crippen LogP contribution < -0.4 is 0 Å². The van der Waals surface area contributed by atoms with Crippen molar-refractivity contribution < 1.29 is 0 Å². The number of hydrogen-bond donors (Lipinski definition) is 0. The fraction of sp³-hybridized carbons (Fsp3) is 0.0727. The molecule has 0 atom stereocenters. The minimum atomic E-state index is -0.413. The van der Waals surface area contributed by atoms with E-state index in [0.717, 1.165) is 33.4 Å². The predicted molar refractivity (Wildman–Crippen MR) is 236 cm³/mol. The van der Waals surface area contributed by atoms with Crippen molar-refractivity contribution in [3.8, 4) is 67.5 Å². The number of fused-ring (bicyclic) bond motifs is 9. The molecule has 0 saturated carbocycles. The molecule has 2 aliphatic carbocycles. The van der Waals surface area contributed by atoms with Gasteiger partial charge in [0.05, 0.1) is 5.41 Å². The number of hydrogen-bond acceptors (Lipinski definition) is 3. The summed E-state index contributed by atoms with van der Waals surface area (Å²) in [4.78, 5) is 15.2.